The van der Waals surface area contributed by atoms with E-state index in [1.165, 1.54) is 16.9 Å². The lowest BCUT2D eigenvalue weighted by atomic mass is 10.1. The fourth-order valence-electron chi connectivity index (χ4n) is 3.58. The van der Waals surface area contributed by atoms with Gasteiger partial charge in [0.15, 0.2) is 5.13 Å². The summed E-state index contributed by atoms with van der Waals surface area (Å²) in [5.41, 5.74) is 1.18. The number of carbonyl (C=O) groups excluding carboxylic acids is 2. The Morgan fingerprint density at radius 2 is 2.16 bits per heavy atom. The summed E-state index contributed by atoms with van der Waals surface area (Å²) in [6.07, 6.45) is 4.10. The van der Waals surface area contributed by atoms with Crippen LogP contribution in [0.3, 0.4) is 0 Å². The molecule has 0 spiro atoms. The molecule has 0 bridgehead atoms. The summed E-state index contributed by atoms with van der Waals surface area (Å²) in [6.45, 7) is 0.661. The standard InChI is InChI=1S/C18H18BrN3O2S/c19-14-5-2-1-4-11(14)12-10-13(12)17(24)22-8-3-6-15(22)16(23)21-18-20-7-9-25-18/h1-2,4-5,7,9,12-13,15H,3,6,8,10H2,(H,20,21,23). The molecule has 0 radical (unpaired) electrons. The van der Waals surface area contributed by atoms with Gasteiger partial charge in [0.2, 0.25) is 11.8 Å². The molecule has 5 nitrogen and oxygen atoms in total. The first kappa shape index (κ1) is 16.7. The lowest BCUT2D eigenvalue weighted by Gasteiger charge is -2.24. The number of likely N-dealkylation sites (tertiary alicyclic amines) is 1. The number of amides is 2. The summed E-state index contributed by atoms with van der Waals surface area (Å²) in [5.74, 6) is 0.231. The Bertz CT molecular complexity index is 795. The lowest BCUT2D eigenvalue weighted by molar-refractivity contribution is -0.137. The number of hydrogen-bond donors (Lipinski definition) is 1. The second kappa shape index (κ2) is 6.88. The van der Waals surface area contributed by atoms with Crippen LogP contribution in [0.5, 0.6) is 0 Å². The van der Waals surface area contributed by atoms with Gasteiger partial charge in [0.1, 0.15) is 6.04 Å². The van der Waals surface area contributed by atoms with E-state index in [9.17, 15) is 9.59 Å². The second-order valence-corrected chi connectivity index (χ2v) is 8.24. The number of thiazole rings is 1. The van der Waals surface area contributed by atoms with Crippen LogP contribution in [0, 0.1) is 5.92 Å². The molecular weight excluding hydrogens is 402 g/mol. The van der Waals surface area contributed by atoms with Crippen LogP contribution in [0.25, 0.3) is 0 Å². The number of anilines is 1. The normalized spacial score (nSPS) is 25.0. The third-order valence-electron chi connectivity index (χ3n) is 4.91. The summed E-state index contributed by atoms with van der Waals surface area (Å²) in [4.78, 5) is 31.3. The minimum atomic E-state index is -0.378. The van der Waals surface area contributed by atoms with Crippen molar-refractivity contribution in [3.8, 4) is 0 Å². The fraction of sp³-hybridized carbons (Fsp3) is 0.389. The summed E-state index contributed by atoms with van der Waals surface area (Å²) in [5, 5.41) is 5.23. The van der Waals surface area contributed by atoms with Gasteiger partial charge in [-0.2, -0.15) is 0 Å². The maximum Gasteiger partial charge on any atom is 0.248 e. The minimum Gasteiger partial charge on any atom is -0.330 e. The Morgan fingerprint density at radius 3 is 2.92 bits per heavy atom. The van der Waals surface area contributed by atoms with Crippen molar-refractivity contribution in [2.45, 2.75) is 31.2 Å². The number of nitrogens with one attached hydrogen (secondary N) is 1. The summed E-state index contributed by atoms with van der Waals surface area (Å²) in [7, 11) is 0. The van der Waals surface area contributed by atoms with Crippen LogP contribution in [0.2, 0.25) is 0 Å². The SMILES string of the molecule is O=C(Nc1nccs1)C1CCCN1C(=O)C1CC1c1ccccc1Br. The van der Waals surface area contributed by atoms with Crippen molar-refractivity contribution in [3.05, 3.63) is 45.9 Å². The second-order valence-electron chi connectivity index (χ2n) is 6.49. The smallest absolute Gasteiger partial charge is 0.248 e. The first-order chi connectivity index (χ1) is 12.1. The molecule has 1 aliphatic heterocycles. The molecule has 2 fully saturated rings. The highest BCUT2D eigenvalue weighted by Gasteiger charge is 2.49. The van der Waals surface area contributed by atoms with Gasteiger partial charge in [-0.1, -0.05) is 34.1 Å². The highest BCUT2D eigenvalue weighted by molar-refractivity contribution is 9.10. The molecule has 1 saturated heterocycles. The van der Waals surface area contributed by atoms with Crippen LogP contribution in [-0.2, 0) is 9.59 Å². The van der Waals surface area contributed by atoms with Gasteiger partial charge in [-0.3, -0.25) is 9.59 Å². The number of carbonyl (C=O) groups is 2. The molecule has 1 aliphatic carbocycles. The highest BCUT2D eigenvalue weighted by atomic mass is 79.9. The largest absolute Gasteiger partial charge is 0.330 e. The summed E-state index contributed by atoms with van der Waals surface area (Å²) < 4.78 is 1.05. The van der Waals surface area contributed by atoms with E-state index in [2.05, 4.69) is 32.3 Å². The third-order valence-corrected chi connectivity index (χ3v) is 6.32. The monoisotopic (exact) mass is 419 g/mol. The lowest BCUT2D eigenvalue weighted by Crippen LogP contribution is -2.44. The van der Waals surface area contributed by atoms with Crippen molar-refractivity contribution in [2.24, 2.45) is 5.92 Å². The molecular formula is C18H18BrN3O2S. The van der Waals surface area contributed by atoms with Crippen LogP contribution >= 0.6 is 27.3 Å². The molecule has 1 saturated carbocycles. The molecule has 3 unspecified atom stereocenters. The van der Waals surface area contributed by atoms with Gasteiger partial charge in [-0.25, -0.2) is 4.98 Å². The molecule has 2 amide bonds. The van der Waals surface area contributed by atoms with Crippen molar-refractivity contribution in [1.29, 1.82) is 0 Å². The number of benzene rings is 1. The maximum absolute atomic E-state index is 12.9. The zero-order valence-corrected chi connectivity index (χ0v) is 15.9. The predicted molar refractivity (Wildman–Crippen MR) is 100 cm³/mol. The zero-order chi connectivity index (χ0) is 17.4. The van der Waals surface area contributed by atoms with Crippen LogP contribution in [0.4, 0.5) is 5.13 Å². The van der Waals surface area contributed by atoms with Crippen LogP contribution in [0.1, 0.15) is 30.7 Å². The Hall–Kier alpha value is -1.73. The van der Waals surface area contributed by atoms with E-state index in [1.54, 1.807) is 11.1 Å². The highest BCUT2D eigenvalue weighted by Crippen LogP contribution is 2.51. The van der Waals surface area contributed by atoms with Crippen LogP contribution in [-0.4, -0.2) is 34.3 Å². The Labute approximate surface area is 158 Å². The molecule has 1 N–H and O–H groups in total. The number of nitrogens with zero attached hydrogens (tertiary/aromatic N) is 2. The van der Waals surface area contributed by atoms with Crippen molar-refractivity contribution >= 4 is 44.2 Å². The van der Waals surface area contributed by atoms with Gasteiger partial charge >= 0.3 is 0 Å². The topological polar surface area (TPSA) is 62.3 Å². The van der Waals surface area contributed by atoms with Gasteiger partial charge in [0.25, 0.3) is 0 Å². The van der Waals surface area contributed by atoms with E-state index in [1.807, 2.05) is 23.6 Å². The number of aromatic nitrogens is 1. The Balaban J connectivity index is 1.43. The predicted octanol–water partition coefficient (Wildman–Crippen LogP) is 3.64. The maximum atomic E-state index is 12.9. The molecule has 2 aromatic rings. The van der Waals surface area contributed by atoms with E-state index in [0.29, 0.717) is 11.7 Å². The molecule has 2 heterocycles. The van der Waals surface area contributed by atoms with E-state index in [4.69, 9.17) is 0 Å². The van der Waals surface area contributed by atoms with E-state index < -0.39 is 0 Å². The Kier molecular flexibility index (Phi) is 4.60. The first-order valence-corrected chi connectivity index (χ1v) is 10.1. The van der Waals surface area contributed by atoms with Crippen molar-refractivity contribution in [2.75, 3.05) is 11.9 Å². The molecule has 1 aromatic carbocycles. The average Bonchev–Trinajstić information content (AvgIpc) is 2.99. The zero-order valence-electron chi connectivity index (χ0n) is 13.5. The average molecular weight is 420 g/mol. The van der Waals surface area contributed by atoms with Gasteiger partial charge in [0.05, 0.1) is 0 Å². The van der Waals surface area contributed by atoms with Gasteiger partial charge < -0.3 is 10.2 Å². The molecule has 25 heavy (non-hydrogen) atoms. The van der Waals surface area contributed by atoms with Crippen molar-refractivity contribution in [3.63, 3.8) is 0 Å². The number of hydrogen-bond acceptors (Lipinski definition) is 4. The first-order valence-electron chi connectivity index (χ1n) is 8.40. The van der Waals surface area contributed by atoms with Crippen molar-refractivity contribution < 1.29 is 9.59 Å². The molecule has 1 aromatic heterocycles. The molecule has 3 atom stereocenters. The van der Waals surface area contributed by atoms with Gasteiger partial charge in [-0.05, 0) is 36.8 Å². The number of rotatable bonds is 4. The van der Waals surface area contributed by atoms with Gasteiger partial charge in [-0.15, -0.1) is 11.3 Å². The van der Waals surface area contributed by atoms with E-state index in [0.717, 1.165) is 23.7 Å². The van der Waals surface area contributed by atoms with E-state index in [-0.39, 0.29) is 29.7 Å². The van der Waals surface area contributed by atoms with Crippen molar-refractivity contribution in [1.82, 2.24) is 9.88 Å². The molecule has 130 valence electrons. The van der Waals surface area contributed by atoms with E-state index >= 15 is 0 Å². The Morgan fingerprint density at radius 1 is 1.32 bits per heavy atom. The molecule has 4 rings (SSSR count). The molecule has 7 heteroatoms. The fourth-order valence-corrected chi connectivity index (χ4v) is 4.69. The molecule has 2 aliphatic rings. The summed E-state index contributed by atoms with van der Waals surface area (Å²) >= 11 is 4.96. The third kappa shape index (κ3) is 3.35. The number of halogens is 1. The van der Waals surface area contributed by atoms with Crippen LogP contribution in [0.15, 0.2) is 40.3 Å². The quantitative estimate of drug-likeness (QED) is 0.822. The van der Waals surface area contributed by atoms with Gasteiger partial charge in [0, 0.05) is 28.5 Å². The van der Waals surface area contributed by atoms with Crippen LogP contribution < -0.4 is 5.32 Å². The minimum absolute atomic E-state index is 0.00744. The summed E-state index contributed by atoms with van der Waals surface area (Å²) in [6, 6.07) is 7.68.